The SMILES string of the molecule is O=C(N[C@@H]1C=C[C@H](CO)C1)C1CC1c1cc(F)ccc1F. The second-order valence-electron chi connectivity index (χ2n) is 5.79. The minimum Gasteiger partial charge on any atom is -0.396 e. The summed E-state index contributed by atoms with van der Waals surface area (Å²) in [5, 5.41) is 11.9. The molecule has 2 N–H and O–H groups in total. The molecule has 5 heteroatoms. The number of hydrogen-bond donors (Lipinski definition) is 2. The zero-order valence-electron chi connectivity index (χ0n) is 11.4. The number of halogens is 2. The van der Waals surface area contributed by atoms with E-state index in [-0.39, 0.29) is 41.9 Å². The lowest BCUT2D eigenvalue weighted by Gasteiger charge is -2.12. The molecule has 112 valence electrons. The van der Waals surface area contributed by atoms with Gasteiger partial charge in [0, 0.05) is 24.5 Å². The Labute approximate surface area is 121 Å². The first-order chi connectivity index (χ1) is 10.1. The predicted molar refractivity (Wildman–Crippen MR) is 73.5 cm³/mol. The summed E-state index contributed by atoms with van der Waals surface area (Å²) in [5.41, 5.74) is 0.283. The van der Waals surface area contributed by atoms with E-state index >= 15 is 0 Å². The molecular formula is C16H17F2NO2. The Bertz CT molecular complexity index is 588. The van der Waals surface area contributed by atoms with Crippen LogP contribution in [-0.2, 0) is 4.79 Å². The van der Waals surface area contributed by atoms with Gasteiger partial charge in [0.15, 0.2) is 0 Å². The van der Waals surface area contributed by atoms with Crippen molar-refractivity contribution in [2.75, 3.05) is 6.61 Å². The summed E-state index contributed by atoms with van der Waals surface area (Å²) in [5.74, 6) is -1.51. The summed E-state index contributed by atoms with van der Waals surface area (Å²) in [4.78, 5) is 12.1. The molecule has 1 saturated carbocycles. The van der Waals surface area contributed by atoms with Gasteiger partial charge in [-0.1, -0.05) is 12.2 Å². The summed E-state index contributed by atoms with van der Waals surface area (Å²) in [6.45, 7) is 0.0728. The van der Waals surface area contributed by atoms with Gasteiger partial charge in [-0.2, -0.15) is 0 Å². The third-order valence-electron chi connectivity index (χ3n) is 4.22. The molecule has 21 heavy (non-hydrogen) atoms. The van der Waals surface area contributed by atoms with Gasteiger partial charge in [-0.25, -0.2) is 8.78 Å². The highest BCUT2D eigenvalue weighted by atomic mass is 19.1. The molecule has 3 nitrogen and oxygen atoms in total. The molecule has 1 fully saturated rings. The summed E-state index contributed by atoms with van der Waals surface area (Å²) < 4.78 is 26.8. The molecule has 0 heterocycles. The molecule has 0 saturated heterocycles. The van der Waals surface area contributed by atoms with E-state index in [0.29, 0.717) is 12.8 Å². The lowest BCUT2D eigenvalue weighted by molar-refractivity contribution is -0.122. The van der Waals surface area contributed by atoms with Crippen molar-refractivity contribution in [3.63, 3.8) is 0 Å². The molecule has 0 aliphatic heterocycles. The van der Waals surface area contributed by atoms with E-state index in [1.165, 1.54) is 6.07 Å². The maximum absolute atomic E-state index is 13.7. The number of aliphatic hydroxyl groups excluding tert-OH is 1. The molecule has 1 aromatic rings. The van der Waals surface area contributed by atoms with Crippen molar-refractivity contribution >= 4 is 5.91 Å². The smallest absolute Gasteiger partial charge is 0.224 e. The van der Waals surface area contributed by atoms with Crippen LogP contribution in [0.1, 0.15) is 24.3 Å². The molecule has 0 spiro atoms. The van der Waals surface area contributed by atoms with Gasteiger partial charge < -0.3 is 10.4 Å². The van der Waals surface area contributed by atoms with Crippen LogP contribution in [0.3, 0.4) is 0 Å². The molecule has 1 amide bonds. The van der Waals surface area contributed by atoms with Crippen LogP contribution in [0.4, 0.5) is 8.78 Å². The van der Waals surface area contributed by atoms with Crippen molar-refractivity contribution in [1.82, 2.24) is 5.32 Å². The first-order valence-corrected chi connectivity index (χ1v) is 7.13. The average molecular weight is 293 g/mol. The van der Waals surface area contributed by atoms with E-state index < -0.39 is 11.6 Å². The van der Waals surface area contributed by atoms with Crippen molar-refractivity contribution in [3.05, 3.63) is 47.5 Å². The van der Waals surface area contributed by atoms with E-state index in [2.05, 4.69) is 5.32 Å². The zero-order valence-corrected chi connectivity index (χ0v) is 11.4. The molecular weight excluding hydrogens is 276 g/mol. The highest BCUT2D eigenvalue weighted by Gasteiger charge is 2.45. The van der Waals surface area contributed by atoms with Gasteiger partial charge in [-0.15, -0.1) is 0 Å². The number of amides is 1. The van der Waals surface area contributed by atoms with Crippen molar-refractivity contribution in [2.45, 2.75) is 24.8 Å². The molecule has 0 bridgehead atoms. The third-order valence-corrected chi connectivity index (χ3v) is 4.22. The van der Waals surface area contributed by atoms with Crippen molar-refractivity contribution in [2.24, 2.45) is 11.8 Å². The highest BCUT2D eigenvalue weighted by molar-refractivity contribution is 5.83. The fourth-order valence-corrected chi connectivity index (χ4v) is 2.93. The minimum absolute atomic E-state index is 0.0728. The Morgan fingerprint density at radius 3 is 2.81 bits per heavy atom. The van der Waals surface area contributed by atoms with Crippen LogP contribution in [0.5, 0.6) is 0 Å². The first-order valence-electron chi connectivity index (χ1n) is 7.13. The van der Waals surface area contributed by atoms with E-state index in [4.69, 9.17) is 5.11 Å². The number of carbonyl (C=O) groups excluding carboxylic acids is 1. The van der Waals surface area contributed by atoms with E-state index in [1.807, 2.05) is 12.2 Å². The quantitative estimate of drug-likeness (QED) is 0.836. The third kappa shape index (κ3) is 2.97. The summed E-state index contributed by atoms with van der Waals surface area (Å²) in [6, 6.07) is 3.27. The minimum atomic E-state index is -0.484. The van der Waals surface area contributed by atoms with Crippen LogP contribution in [-0.4, -0.2) is 23.7 Å². The Hall–Kier alpha value is -1.75. The molecule has 2 aliphatic carbocycles. The predicted octanol–water partition coefficient (Wildman–Crippen LogP) is 2.12. The Morgan fingerprint density at radius 1 is 1.29 bits per heavy atom. The lowest BCUT2D eigenvalue weighted by Crippen LogP contribution is -2.34. The first kappa shape index (κ1) is 14.2. The van der Waals surface area contributed by atoms with Gasteiger partial charge in [-0.3, -0.25) is 4.79 Å². The Morgan fingerprint density at radius 2 is 2.10 bits per heavy atom. The van der Waals surface area contributed by atoms with Crippen molar-refractivity contribution in [3.8, 4) is 0 Å². The summed E-state index contributed by atoms with van der Waals surface area (Å²) in [6.07, 6.45) is 5.00. The van der Waals surface area contributed by atoms with Gasteiger partial charge in [-0.05, 0) is 42.5 Å². The van der Waals surface area contributed by atoms with Gasteiger partial charge in [0.25, 0.3) is 0 Å². The molecule has 0 aromatic heterocycles. The standard InChI is InChI=1S/C16H17F2NO2/c17-10-2-4-15(18)13(6-10)12-7-14(12)16(21)19-11-3-1-9(5-11)8-20/h1-4,6,9,11-12,14,20H,5,7-8H2,(H,19,21)/t9-,11+,12?,14?/m0/s1. The number of benzene rings is 1. The fraction of sp³-hybridized carbons (Fsp3) is 0.438. The fourth-order valence-electron chi connectivity index (χ4n) is 2.93. The van der Waals surface area contributed by atoms with Crippen molar-refractivity contribution in [1.29, 1.82) is 0 Å². The molecule has 2 aliphatic rings. The van der Waals surface area contributed by atoms with Crippen LogP contribution in [0.2, 0.25) is 0 Å². The van der Waals surface area contributed by atoms with Crippen LogP contribution in [0, 0.1) is 23.5 Å². The number of hydrogen-bond acceptors (Lipinski definition) is 2. The second kappa shape index (κ2) is 5.56. The largest absolute Gasteiger partial charge is 0.396 e. The second-order valence-corrected chi connectivity index (χ2v) is 5.79. The Kier molecular flexibility index (Phi) is 3.76. The van der Waals surface area contributed by atoms with Gasteiger partial charge in [0.1, 0.15) is 11.6 Å². The molecule has 2 unspecified atom stereocenters. The number of aliphatic hydroxyl groups is 1. The molecule has 0 radical (unpaired) electrons. The lowest BCUT2D eigenvalue weighted by atomic mass is 10.1. The summed E-state index contributed by atoms with van der Waals surface area (Å²) >= 11 is 0. The van der Waals surface area contributed by atoms with E-state index in [1.54, 1.807) is 0 Å². The van der Waals surface area contributed by atoms with Crippen LogP contribution >= 0.6 is 0 Å². The van der Waals surface area contributed by atoms with Crippen molar-refractivity contribution < 1.29 is 18.7 Å². The number of nitrogens with one attached hydrogen (secondary N) is 1. The van der Waals surface area contributed by atoms with Gasteiger partial charge >= 0.3 is 0 Å². The monoisotopic (exact) mass is 293 g/mol. The number of rotatable bonds is 4. The van der Waals surface area contributed by atoms with E-state index in [9.17, 15) is 13.6 Å². The van der Waals surface area contributed by atoms with Gasteiger partial charge in [0.05, 0.1) is 0 Å². The molecule has 1 aromatic carbocycles. The maximum atomic E-state index is 13.7. The number of carbonyl (C=O) groups is 1. The zero-order chi connectivity index (χ0) is 15.0. The van der Waals surface area contributed by atoms with Crippen LogP contribution in [0.25, 0.3) is 0 Å². The average Bonchev–Trinajstić information content (AvgIpc) is 3.14. The molecule has 4 atom stereocenters. The van der Waals surface area contributed by atoms with Crippen LogP contribution < -0.4 is 5.32 Å². The van der Waals surface area contributed by atoms with Crippen LogP contribution in [0.15, 0.2) is 30.4 Å². The normalized spacial score (nSPS) is 30.4. The molecule has 3 rings (SSSR count). The Balaban J connectivity index is 1.59. The maximum Gasteiger partial charge on any atom is 0.224 e. The topological polar surface area (TPSA) is 49.3 Å². The summed E-state index contributed by atoms with van der Waals surface area (Å²) in [7, 11) is 0. The highest BCUT2D eigenvalue weighted by Crippen LogP contribution is 2.48. The van der Waals surface area contributed by atoms with Gasteiger partial charge in [0.2, 0.25) is 5.91 Å². The van der Waals surface area contributed by atoms with E-state index in [0.717, 1.165) is 12.1 Å².